The van der Waals surface area contributed by atoms with Crippen LogP contribution in [-0.4, -0.2) is 50.3 Å². The largest absolute Gasteiger partial charge is 0.368 e. The van der Waals surface area contributed by atoms with Crippen LogP contribution in [0.4, 0.5) is 0 Å². The first-order valence-electron chi connectivity index (χ1n) is 9.12. The van der Waals surface area contributed by atoms with Crippen molar-refractivity contribution in [3.8, 4) is 0 Å². The number of hydrogen-bond acceptors (Lipinski definition) is 5. The molecule has 0 bridgehead atoms. The molecule has 1 heterocycles. The number of likely N-dealkylation sites (tertiary alicyclic amines) is 1. The Morgan fingerprint density at radius 2 is 1.92 bits per heavy atom. The minimum atomic E-state index is -1.58. The van der Waals surface area contributed by atoms with Gasteiger partial charge in [-0.1, -0.05) is 42.5 Å². The van der Waals surface area contributed by atoms with Crippen molar-refractivity contribution >= 4 is 24.8 Å². The van der Waals surface area contributed by atoms with E-state index < -0.39 is 8.07 Å². The molecule has 1 aliphatic heterocycles. The third-order valence-corrected chi connectivity index (χ3v) is 8.44. The molecule has 1 aromatic rings. The summed E-state index contributed by atoms with van der Waals surface area (Å²) in [6.07, 6.45) is 4.54. The van der Waals surface area contributed by atoms with Crippen molar-refractivity contribution in [2.75, 3.05) is 25.8 Å². The fourth-order valence-corrected chi connectivity index (χ4v) is 4.92. The lowest BCUT2D eigenvalue weighted by atomic mass is 9.98. The first kappa shape index (κ1) is 18.8. The molecule has 1 aliphatic carbocycles. The Kier molecular flexibility index (Phi) is 5.27. The van der Waals surface area contributed by atoms with Crippen LogP contribution in [0.25, 0.3) is 0 Å². The lowest BCUT2D eigenvalue weighted by Crippen LogP contribution is -2.48. The Labute approximate surface area is 155 Å². The first-order chi connectivity index (χ1) is 12.4. The van der Waals surface area contributed by atoms with Gasteiger partial charge in [-0.05, 0) is 24.2 Å². The van der Waals surface area contributed by atoms with Crippen LogP contribution < -0.4 is 16.7 Å². The lowest BCUT2D eigenvalue weighted by Gasteiger charge is -2.24. The first-order valence-corrected chi connectivity index (χ1v) is 12.3. The van der Waals surface area contributed by atoms with E-state index in [2.05, 4.69) is 37.4 Å². The number of allylic oxidation sites excluding steroid dienone is 2. The number of rotatable bonds is 5. The molecule has 6 heteroatoms. The van der Waals surface area contributed by atoms with Crippen molar-refractivity contribution in [1.29, 1.82) is 0 Å². The number of carbonyl (C=O) groups is 2. The molecule has 1 unspecified atom stereocenters. The van der Waals surface area contributed by atoms with Crippen molar-refractivity contribution in [1.82, 2.24) is 4.90 Å². The third-order valence-electron chi connectivity index (χ3n) is 5.54. The zero-order valence-electron chi connectivity index (χ0n) is 15.5. The average Bonchev–Trinajstić information content (AvgIpc) is 3.13. The normalized spacial score (nSPS) is 21.1. The molecule has 1 atom stereocenters. The second kappa shape index (κ2) is 7.30. The van der Waals surface area contributed by atoms with Crippen LogP contribution in [0.1, 0.15) is 17.9 Å². The van der Waals surface area contributed by atoms with Crippen molar-refractivity contribution in [2.24, 2.45) is 11.5 Å². The molecule has 0 saturated carbocycles. The van der Waals surface area contributed by atoms with Gasteiger partial charge in [0.25, 0.3) is 0 Å². The monoisotopic (exact) mass is 369 g/mol. The highest BCUT2D eigenvalue weighted by atomic mass is 28.3. The van der Waals surface area contributed by atoms with Gasteiger partial charge < -0.3 is 16.4 Å². The molecule has 1 saturated heterocycles. The summed E-state index contributed by atoms with van der Waals surface area (Å²) >= 11 is 0. The van der Waals surface area contributed by atoms with Crippen LogP contribution in [0.2, 0.25) is 13.1 Å². The summed E-state index contributed by atoms with van der Waals surface area (Å²) in [5.41, 5.74) is 13.7. The molecular weight excluding hydrogens is 342 g/mol. The smallest absolute Gasteiger partial charge is 0.202 e. The molecule has 4 N–H and O–H groups in total. The molecule has 0 aromatic heterocycles. The van der Waals surface area contributed by atoms with Crippen LogP contribution in [0.5, 0.6) is 0 Å². The van der Waals surface area contributed by atoms with Gasteiger partial charge in [0, 0.05) is 37.2 Å². The summed E-state index contributed by atoms with van der Waals surface area (Å²) < 4.78 is 0. The Morgan fingerprint density at radius 3 is 2.62 bits per heavy atom. The molecule has 26 heavy (non-hydrogen) atoms. The van der Waals surface area contributed by atoms with E-state index in [0.717, 1.165) is 25.7 Å². The van der Waals surface area contributed by atoms with Crippen molar-refractivity contribution in [3.63, 3.8) is 0 Å². The van der Waals surface area contributed by atoms with E-state index >= 15 is 0 Å². The molecular formula is C20H27N3O2Si. The van der Waals surface area contributed by atoms with Gasteiger partial charge in [0.05, 0.1) is 13.8 Å². The zero-order valence-corrected chi connectivity index (χ0v) is 16.5. The highest BCUT2D eigenvalue weighted by molar-refractivity contribution is 6.89. The SMILES string of the molecule is C[Si](C)(CN)c1cccc(C2CCN(C3=CC(=O)C(CN)=CC3=O)C2)c1. The number of nitrogens with zero attached hydrogens (tertiary/aromatic N) is 1. The van der Waals surface area contributed by atoms with E-state index in [0.29, 0.717) is 17.2 Å². The summed E-state index contributed by atoms with van der Waals surface area (Å²) in [4.78, 5) is 26.5. The molecule has 1 aromatic carbocycles. The molecule has 0 spiro atoms. The van der Waals surface area contributed by atoms with Crippen molar-refractivity contribution < 1.29 is 9.59 Å². The molecule has 3 rings (SSSR count). The Morgan fingerprint density at radius 1 is 1.15 bits per heavy atom. The highest BCUT2D eigenvalue weighted by Gasteiger charge is 2.31. The fourth-order valence-electron chi connectivity index (χ4n) is 3.58. The third kappa shape index (κ3) is 3.58. The number of benzene rings is 1. The van der Waals surface area contributed by atoms with Gasteiger partial charge in [0.2, 0.25) is 5.78 Å². The van der Waals surface area contributed by atoms with E-state index in [9.17, 15) is 9.59 Å². The van der Waals surface area contributed by atoms with Crippen LogP contribution >= 0.6 is 0 Å². The quantitative estimate of drug-likeness (QED) is 0.592. The van der Waals surface area contributed by atoms with Gasteiger partial charge in [0.1, 0.15) is 0 Å². The maximum Gasteiger partial charge on any atom is 0.202 e. The van der Waals surface area contributed by atoms with Crippen LogP contribution in [0.15, 0.2) is 47.7 Å². The molecule has 0 radical (unpaired) electrons. The standard InChI is InChI=1S/C20H27N3O2Si/c1-26(2,13-22)17-5-3-4-14(8-17)15-6-7-23(12-15)18-10-19(24)16(11-21)9-20(18)25/h3-5,8-10,15H,6-7,11-13,21-22H2,1-2H3. The fraction of sp³-hybridized carbons (Fsp3) is 0.400. The van der Waals surface area contributed by atoms with Crippen LogP contribution in [0, 0.1) is 0 Å². The lowest BCUT2D eigenvalue weighted by molar-refractivity contribution is -0.116. The second-order valence-electron chi connectivity index (χ2n) is 7.78. The minimum absolute atomic E-state index is 0.102. The summed E-state index contributed by atoms with van der Waals surface area (Å²) in [5.74, 6) is 0.0978. The van der Waals surface area contributed by atoms with E-state index in [4.69, 9.17) is 11.5 Å². The number of nitrogens with two attached hydrogens (primary N) is 2. The van der Waals surface area contributed by atoms with Gasteiger partial charge in [-0.15, -0.1) is 0 Å². The van der Waals surface area contributed by atoms with Gasteiger partial charge in [0.15, 0.2) is 5.78 Å². The summed E-state index contributed by atoms with van der Waals surface area (Å²) in [6.45, 7) is 6.20. The second-order valence-corrected chi connectivity index (χ2v) is 12.5. The highest BCUT2D eigenvalue weighted by Crippen LogP contribution is 2.30. The maximum atomic E-state index is 12.4. The summed E-state index contributed by atoms with van der Waals surface area (Å²) in [7, 11) is -1.58. The Hall–Kier alpha value is -2.02. The molecule has 1 fully saturated rings. The van der Waals surface area contributed by atoms with Crippen molar-refractivity contribution in [2.45, 2.75) is 25.4 Å². The van der Waals surface area contributed by atoms with E-state index in [1.807, 2.05) is 4.90 Å². The number of carbonyl (C=O) groups excluding carboxylic acids is 2. The van der Waals surface area contributed by atoms with E-state index in [1.54, 1.807) is 0 Å². The molecule has 2 aliphatic rings. The van der Waals surface area contributed by atoms with Crippen LogP contribution in [-0.2, 0) is 9.59 Å². The van der Waals surface area contributed by atoms with E-state index in [-0.39, 0.29) is 18.1 Å². The van der Waals surface area contributed by atoms with Gasteiger partial charge in [-0.2, -0.15) is 0 Å². The van der Waals surface area contributed by atoms with Crippen molar-refractivity contribution in [3.05, 3.63) is 53.3 Å². The van der Waals surface area contributed by atoms with Gasteiger partial charge in [-0.3, -0.25) is 9.59 Å². The summed E-state index contributed by atoms with van der Waals surface area (Å²) in [6, 6.07) is 8.75. The van der Waals surface area contributed by atoms with E-state index in [1.165, 1.54) is 22.9 Å². The van der Waals surface area contributed by atoms with Gasteiger partial charge in [-0.25, -0.2) is 0 Å². The van der Waals surface area contributed by atoms with Gasteiger partial charge >= 0.3 is 0 Å². The number of hydrogen-bond donors (Lipinski definition) is 2. The molecule has 0 amide bonds. The summed E-state index contributed by atoms with van der Waals surface area (Å²) in [5, 5.41) is 1.37. The predicted octanol–water partition coefficient (Wildman–Crippen LogP) is 0.810. The number of ketones is 2. The molecule has 138 valence electrons. The minimum Gasteiger partial charge on any atom is -0.368 e. The zero-order chi connectivity index (χ0) is 18.9. The Bertz CT molecular complexity index is 798. The topological polar surface area (TPSA) is 89.4 Å². The maximum absolute atomic E-state index is 12.4. The predicted molar refractivity (Wildman–Crippen MR) is 107 cm³/mol. The average molecular weight is 370 g/mol. The molecule has 5 nitrogen and oxygen atoms in total. The Balaban J connectivity index is 1.77. The van der Waals surface area contributed by atoms with Crippen LogP contribution in [0.3, 0.4) is 0 Å².